The molecule has 2 heteroatoms. The van der Waals surface area contributed by atoms with E-state index in [0.29, 0.717) is 18.8 Å². The Morgan fingerprint density at radius 2 is 2.22 bits per heavy atom. The minimum atomic E-state index is -0.886. The molecule has 0 unspecified atom stereocenters. The maximum absolute atomic E-state index is 12.7. The van der Waals surface area contributed by atoms with Crippen LogP contribution in [-0.2, 0) is 4.74 Å². The van der Waals surface area contributed by atoms with Crippen molar-refractivity contribution >= 4 is 0 Å². The fourth-order valence-corrected chi connectivity index (χ4v) is 1.50. The molecule has 0 aliphatic heterocycles. The van der Waals surface area contributed by atoms with Crippen molar-refractivity contribution in [3.8, 4) is 0 Å². The van der Waals surface area contributed by atoms with Crippen LogP contribution in [-0.4, -0.2) is 19.4 Å². The van der Waals surface area contributed by atoms with Gasteiger partial charge in [0, 0.05) is 13.7 Å². The first kappa shape index (κ1) is 7.00. The van der Waals surface area contributed by atoms with Crippen LogP contribution in [0.5, 0.6) is 0 Å². The first-order valence-corrected chi connectivity index (χ1v) is 3.32. The SMILES string of the molecule is COCC1CC(C)(F)C1. The first-order valence-electron chi connectivity index (χ1n) is 3.32. The highest BCUT2D eigenvalue weighted by Crippen LogP contribution is 2.40. The molecule has 0 spiro atoms. The predicted octanol–water partition coefficient (Wildman–Crippen LogP) is 1.77. The summed E-state index contributed by atoms with van der Waals surface area (Å²) in [6.07, 6.45) is 1.36. The number of alkyl halides is 1. The molecule has 1 saturated carbocycles. The highest BCUT2D eigenvalue weighted by molar-refractivity contribution is 4.90. The van der Waals surface area contributed by atoms with Crippen LogP contribution in [0.1, 0.15) is 19.8 Å². The molecule has 0 aromatic carbocycles. The Morgan fingerprint density at radius 1 is 1.67 bits per heavy atom. The van der Waals surface area contributed by atoms with E-state index in [-0.39, 0.29) is 0 Å². The lowest BCUT2D eigenvalue weighted by molar-refractivity contribution is -0.0141. The Balaban J connectivity index is 2.12. The van der Waals surface area contributed by atoms with Crippen molar-refractivity contribution in [3.63, 3.8) is 0 Å². The summed E-state index contributed by atoms with van der Waals surface area (Å²) >= 11 is 0. The van der Waals surface area contributed by atoms with Gasteiger partial charge in [-0.3, -0.25) is 0 Å². The van der Waals surface area contributed by atoms with Crippen LogP contribution in [0.2, 0.25) is 0 Å². The highest BCUT2D eigenvalue weighted by Gasteiger charge is 2.39. The summed E-state index contributed by atoms with van der Waals surface area (Å²) in [6, 6.07) is 0. The van der Waals surface area contributed by atoms with Crippen LogP contribution >= 0.6 is 0 Å². The zero-order valence-electron chi connectivity index (χ0n) is 5.98. The van der Waals surface area contributed by atoms with E-state index in [2.05, 4.69) is 0 Å². The molecule has 0 atom stereocenters. The fraction of sp³-hybridized carbons (Fsp3) is 1.00. The Bertz CT molecular complexity index is 93.1. The number of hydrogen-bond acceptors (Lipinski definition) is 1. The van der Waals surface area contributed by atoms with Gasteiger partial charge < -0.3 is 4.74 Å². The van der Waals surface area contributed by atoms with Gasteiger partial charge in [0.2, 0.25) is 0 Å². The van der Waals surface area contributed by atoms with Crippen molar-refractivity contribution in [1.82, 2.24) is 0 Å². The molecule has 9 heavy (non-hydrogen) atoms. The minimum Gasteiger partial charge on any atom is -0.384 e. The fourth-order valence-electron chi connectivity index (χ4n) is 1.50. The van der Waals surface area contributed by atoms with Gasteiger partial charge in [0.1, 0.15) is 5.67 Å². The van der Waals surface area contributed by atoms with E-state index < -0.39 is 5.67 Å². The molecule has 0 saturated heterocycles. The van der Waals surface area contributed by atoms with Gasteiger partial charge in [0.15, 0.2) is 0 Å². The number of hydrogen-bond donors (Lipinski definition) is 0. The second-order valence-corrected chi connectivity index (χ2v) is 3.14. The minimum absolute atomic E-state index is 0.477. The van der Waals surface area contributed by atoms with Crippen LogP contribution in [0.25, 0.3) is 0 Å². The number of rotatable bonds is 2. The van der Waals surface area contributed by atoms with Gasteiger partial charge >= 0.3 is 0 Å². The van der Waals surface area contributed by atoms with Crippen molar-refractivity contribution in [3.05, 3.63) is 0 Å². The Hall–Kier alpha value is -0.110. The maximum Gasteiger partial charge on any atom is 0.109 e. The van der Waals surface area contributed by atoms with E-state index in [1.54, 1.807) is 14.0 Å². The quantitative estimate of drug-likeness (QED) is 0.556. The highest BCUT2D eigenvalue weighted by atomic mass is 19.1. The third kappa shape index (κ3) is 1.65. The molecule has 54 valence electrons. The van der Waals surface area contributed by atoms with Gasteiger partial charge in [-0.2, -0.15) is 0 Å². The molecule has 0 radical (unpaired) electrons. The Kier molecular flexibility index (Phi) is 1.75. The van der Waals surface area contributed by atoms with Crippen LogP contribution < -0.4 is 0 Å². The van der Waals surface area contributed by atoms with Gasteiger partial charge in [0.25, 0.3) is 0 Å². The summed E-state index contributed by atoms with van der Waals surface area (Å²) in [4.78, 5) is 0. The molecule has 1 nitrogen and oxygen atoms in total. The van der Waals surface area contributed by atoms with E-state index in [1.165, 1.54) is 0 Å². The number of halogens is 1. The molecule has 1 rings (SSSR count). The lowest BCUT2D eigenvalue weighted by Gasteiger charge is -2.38. The summed E-state index contributed by atoms with van der Waals surface area (Å²) in [5.41, 5.74) is -0.886. The normalized spacial score (nSPS) is 42.3. The zero-order chi connectivity index (χ0) is 6.91. The first-order chi connectivity index (χ1) is 4.14. The molecule has 0 heterocycles. The van der Waals surface area contributed by atoms with Gasteiger partial charge in [-0.15, -0.1) is 0 Å². The molecule has 0 aromatic rings. The second-order valence-electron chi connectivity index (χ2n) is 3.14. The molecule has 0 aromatic heterocycles. The van der Waals surface area contributed by atoms with Crippen molar-refractivity contribution in [2.75, 3.05) is 13.7 Å². The largest absolute Gasteiger partial charge is 0.384 e. The topological polar surface area (TPSA) is 9.23 Å². The van der Waals surface area contributed by atoms with E-state index in [1.807, 2.05) is 0 Å². The third-order valence-electron chi connectivity index (χ3n) is 1.83. The molecule has 1 aliphatic rings. The Morgan fingerprint density at radius 3 is 2.56 bits per heavy atom. The summed E-state index contributed by atoms with van der Waals surface area (Å²) in [5, 5.41) is 0. The van der Waals surface area contributed by atoms with Crippen molar-refractivity contribution < 1.29 is 9.13 Å². The molecular formula is C7H13FO. The van der Waals surface area contributed by atoms with Gasteiger partial charge in [0.05, 0.1) is 0 Å². The summed E-state index contributed by atoms with van der Waals surface area (Å²) < 4.78 is 17.6. The van der Waals surface area contributed by atoms with Crippen LogP contribution in [0.4, 0.5) is 4.39 Å². The number of methoxy groups -OCH3 is 1. The van der Waals surface area contributed by atoms with E-state index in [0.717, 1.165) is 6.61 Å². The second kappa shape index (κ2) is 2.25. The van der Waals surface area contributed by atoms with Crippen molar-refractivity contribution in [2.24, 2.45) is 5.92 Å². The average molecular weight is 132 g/mol. The predicted molar refractivity (Wildman–Crippen MR) is 34.1 cm³/mol. The van der Waals surface area contributed by atoms with Gasteiger partial charge in [-0.25, -0.2) is 4.39 Å². The molecule has 1 aliphatic carbocycles. The van der Waals surface area contributed by atoms with Crippen molar-refractivity contribution in [1.29, 1.82) is 0 Å². The molecule has 0 bridgehead atoms. The molecular weight excluding hydrogens is 119 g/mol. The summed E-state index contributed by atoms with van der Waals surface area (Å²) in [7, 11) is 1.66. The zero-order valence-corrected chi connectivity index (χ0v) is 5.98. The monoisotopic (exact) mass is 132 g/mol. The van der Waals surface area contributed by atoms with Crippen LogP contribution in [0.15, 0.2) is 0 Å². The van der Waals surface area contributed by atoms with Crippen LogP contribution in [0.3, 0.4) is 0 Å². The smallest absolute Gasteiger partial charge is 0.109 e. The van der Waals surface area contributed by atoms with E-state index >= 15 is 0 Å². The summed E-state index contributed by atoms with van der Waals surface area (Å²) in [5.74, 6) is 0.477. The van der Waals surface area contributed by atoms with Crippen LogP contribution in [0, 0.1) is 5.92 Å². The molecule has 0 N–H and O–H groups in total. The maximum atomic E-state index is 12.7. The van der Waals surface area contributed by atoms with Crippen molar-refractivity contribution in [2.45, 2.75) is 25.4 Å². The average Bonchev–Trinajstić information content (AvgIpc) is 1.62. The Labute approximate surface area is 55.2 Å². The standard InChI is InChI=1S/C7H13FO/c1-7(8)3-6(4-7)5-9-2/h6H,3-5H2,1-2H3. The van der Waals surface area contributed by atoms with Gasteiger partial charge in [-0.1, -0.05) is 0 Å². The summed E-state index contributed by atoms with van der Waals surface area (Å²) in [6.45, 7) is 2.37. The molecule has 0 amide bonds. The van der Waals surface area contributed by atoms with E-state index in [4.69, 9.17) is 4.74 Å². The lowest BCUT2D eigenvalue weighted by Crippen LogP contribution is -2.38. The third-order valence-corrected chi connectivity index (χ3v) is 1.83. The van der Waals surface area contributed by atoms with Gasteiger partial charge in [-0.05, 0) is 25.7 Å². The van der Waals surface area contributed by atoms with E-state index in [9.17, 15) is 4.39 Å². The number of ether oxygens (including phenoxy) is 1. The molecule has 1 fully saturated rings. The lowest BCUT2D eigenvalue weighted by atomic mass is 9.74.